The molecule has 59 heavy (non-hydrogen) atoms. The number of carbonyl (C=O) groups excluding carboxylic acids is 5. The van der Waals surface area contributed by atoms with Crippen molar-refractivity contribution >= 4 is 87.1 Å². The summed E-state index contributed by atoms with van der Waals surface area (Å²) in [5.74, 6) is 0.256. The zero-order valence-corrected chi connectivity index (χ0v) is 38.2. The van der Waals surface area contributed by atoms with Crippen LogP contribution in [0.4, 0.5) is 13.4 Å². The average molecular weight is 1070 g/mol. The number of fused-ring (bicyclic) bond motifs is 8. The van der Waals surface area contributed by atoms with E-state index in [9.17, 15) is 37.4 Å². The van der Waals surface area contributed by atoms with Crippen LogP contribution >= 0.6 is 57.4 Å². The van der Waals surface area contributed by atoms with Gasteiger partial charge in [0.1, 0.15) is 0 Å². The Kier molecular flexibility index (Phi) is 31.2. The van der Waals surface area contributed by atoms with Crippen LogP contribution in [0, 0.1) is 125 Å². The molecule has 0 heterocycles. The summed E-state index contributed by atoms with van der Waals surface area (Å²) in [5, 5.41) is 1.43. The molecule has 0 spiro atoms. The Morgan fingerprint density at radius 3 is 1.71 bits per heavy atom. The van der Waals surface area contributed by atoms with E-state index in [0.717, 1.165) is 28.5 Å². The summed E-state index contributed by atoms with van der Waals surface area (Å²) in [5.41, 5.74) is 8.51. The molecule has 0 aromatic heterocycles. The minimum atomic E-state index is -0.787. The number of hydrogen-bond acceptors (Lipinski definition) is 7. The van der Waals surface area contributed by atoms with Crippen LogP contribution in [0.25, 0.3) is 0 Å². The van der Waals surface area contributed by atoms with Crippen molar-refractivity contribution in [3.05, 3.63) is 103 Å². The second-order valence-corrected chi connectivity index (χ2v) is 14.9. The number of amides is 3. The normalized spacial score (nSPS) is 16.8. The first-order chi connectivity index (χ1) is 26.8. The van der Waals surface area contributed by atoms with Gasteiger partial charge in [-0.3, -0.25) is 24.0 Å². The van der Waals surface area contributed by atoms with Gasteiger partial charge in [0, 0.05) is 128 Å². The summed E-state index contributed by atoms with van der Waals surface area (Å²) in [6.07, 6.45) is 3.90. The fourth-order valence-electron chi connectivity index (χ4n) is 7.28. The summed E-state index contributed by atoms with van der Waals surface area (Å²) in [6.45, 7) is 4.31. The number of alkyl halides is 1. The van der Waals surface area contributed by atoms with Crippen LogP contribution in [0.5, 0.6) is 0 Å². The first kappa shape index (κ1) is 59.2. The van der Waals surface area contributed by atoms with E-state index >= 15 is 0 Å². The molecule has 0 saturated heterocycles. The Balaban J connectivity index is 0.000000789. The molecule has 0 radical (unpaired) electrons. The van der Waals surface area contributed by atoms with E-state index in [1.54, 1.807) is 56.3 Å². The van der Waals surface area contributed by atoms with Crippen molar-refractivity contribution in [2.24, 2.45) is 11.8 Å². The third-order valence-corrected chi connectivity index (χ3v) is 11.1. The molecule has 4 unspecified atom stereocenters. The number of halogens is 7. The fourth-order valence-corrected chi connectivity index (χ4v) is 8.12. The van der Waals surface area contributed by atoms with Crippen molar-refractivity contribution in [2.75, 3.05) is 17.6 Å². The monoisotopic (exact) mass is 1070 g/mol. The average Bonchev–Trinajstić information content (AvgIpc) is 3.76. The minimum Gasteiger partial charge on any atom is -0.466 e. The summed E-state index contributed by atoms with van der Waals surface area (Å²) in [6, 6.07) is 15.6. The zero-order valence-electron chi connectivity index (χ0n) is 31.6. The number of carbonyl (C=O) groups is 5. The van der Waals surface area contributed by atoms with E-state index in [4.69, 9.17) is 39.5 Å². The molecule has 0 aliphatic heterocycles. The van der Waals surface area contributed by atoms with Gasteiger partial charge in [-0.2, -0.15) is 16.6 Å². The molecule has 4 atom stereocenters. The number of nitrogens with one attached hydrogen (secondary N) is 3. The van der Waals surface area contributed by atoms with Gasteiger partial charge in [-0.1, -0.05) is 93.8 Å². The Morgan fingerprint density at radius 2 is 1.17 bits per heavy atom. The Labute approximate surface area is 460 Å². The Bertz CT molecular complexity index is 1880. The van der Waals surface area contributed by atoms with Crippen LogP contribution in [-0.4, -0.2) is 47.3 Å². The van der Waals surface area contributed by atoms with Crippen LogP contribution in [0.15, 0.2) is 54.6 Å². The molecule has 3 amide bonds. The second kappa shape index (κ2) is 31.1. The number of benzene rings is 3. The van der Waals surface area contributed by atoms with E-state index in [0.29, 0.717) is 61.2 Å². The second-order valence-electron chi connectivity index (χ2n) is 12.9. The topological polar surface area (TPSA) is 140 Å². The van der Waals surface area contributed by atoms with E-state index in [-0.39, 0.29) is 151 Å². The van der Waals surface area contributed by atoms with E-state index in [2.05, 4.69) is 10.8 Å². The molecule has 2 fully saturated rings. The van der Waals surface area contributed by atoms with Crippen LogP contribution in [-0.2, 0) is 59.1 Å². The molecule has 3 aliphatic carbocycles. The van der Waals surface area contributed by atoms with Gasteiger partial charge in [-0.15, -0.1) is 13.4 Å². The number of esters is 2. The maximum absolute atomic E-state index is 12.2. The van der Waals surface area contributed by atoms with Crippen molar-refractivity contribution in [1.82, 2.24) is 16.6 Å². The van der Waals surface area contributed by atoms with Crippen molar-refractivity contribution in [2.45, 2.75) is 70.6 Å². The van der Waals surface area contributed by atoms with E-state index in [1.807, 2.05) is 28.7 Å². The van der Waals surface area contributed by atoms with Gasteiger partial charge in [0.05, 0.1) is 43.3 Å². The standard InChI is InChI=1S/C15H15ClFNO.C12H13ClFNO3.C8H7ClFNO.C4H7IO2.3Ar/c16-11-4-3-9-13-7-1-2-8(5-7)14(13)15(9)10(11)6-12(19)18-17;1-2-18-12(17)6-8-3-4-10(13)9(5-8)7-11(16)15-14;9-7-4-2-1-3-6(7)5-8(12)11-10;1-2-7-4(6)3-5;;;/h3-4,7-8,13-14H,1-2,5-6H2,(H,18,19);3-5H,2,6-7H2,1H3,(H,15,16);1-4H,5H2,(H,11,12);2-3H2,1H3;;;. The number of rotatable bonds is 11. The fraction of sp³-hybridized carbons (Fsp3) is 0.410. The van der Waals surface area contributed by atoms with Crippen LogP contribution < -0.4 is 16.6 Å². The number of hydrogen-bond donors (Lipinski definition) is 3. The molecule has 2 saturated carbocycles. The third kappa shape index (κ3) is 18.3. The summed E-state index contributed by atoms with van der Waals surface area (Å²) >= 11 is 19.8. The first-order valence-electron chi connectivity index (χ1n) is 17.7. The smallest absolute Gasteiger partial charge is 0.315 e. The van der Waals surface area contributed by atoms with Crippen LogP contribution in [0.3, 0.4) is 0 Å². The van der Waals surface area contributed by atoms with Crippen molar-refractivity contribution in [3.63, 3.8) is 0 Å². The SMILES string of the molecule is CCOC(=O)CI.CCOC(=O)Cc1ccc(Cl)c(CC(=O)NF)c1.O=C(Cc1c(Cl)ccc2c1C1C3CCC(C3)C21)NF.O=C(Cc1ccccc1Cl)NF.[Ar].[Ar].[Ar]. The molecule has 3 aromatic carbocycles. The van der Waals surface area contributed by atoms with E-state index < -0.39 is 17.7 Å². The molecule has 328 valence electrons. The summed E-state index contributed by atoms with van der Waals surface area (Å²) < 4.78 is 45.5. The molecular formula is C39H42Ar3Cl3F3IN3O7. The maximum atomic E-state index is 12.2. The van der Waals surface area contributed by atoms with Crippen molar-refractivity contribution in [3.8, 4) is 0 Å². The summed E-state index contributed by atoms with van der Waals surface area (Å²) in [7, 11) is 0. The third-order valence-electron chi connectivity index (χ3n) is 9.43. The molecule has 3 aliphatic rings. The molecule has 10 nitrogen and oxygen atoms in total. The predicted octanol–water partition coefficient (Wildman–Crippen LogP) is 8.35. The predicted molar refractivity (Wildman–Crippen MR) is 215 cm³/mol. The van der Waals surface area contributed by atoms with Crippen LogP contribution in [0.2, 0.25) is 15.1 Å². The van der Waals surface area contributed by atoms with Gasteiger partial charge >= 0.3 is 11.9 Å². The van der Waals surface area contributed by atoms with Gasteiger partial charge in [0.25, 0.3) is 17.7 Å². The molecule has 3 N–H and O–H groups in total. The zero-order chi connectivity index (χ0) is 41.4. The van der Waals surface area contributed by atoms with Gasteiger partial charge in [-0.25, -0.2) is 0 Å². The van der Waals surface area contributed by atoms with Gasteiger partial charge in [-0.05, 0) is 108 Å². The maximum Gasteiger partial charge on any atom is 0.315 e. The van der Waals surface area contributed by atoms with Crippen LogP contribution in [0.1, 0.15) is 78.3 Å². The van der Waals surface area contributed by atoms with Gasteiger partial charge < -0.3 is 9.47 Å². The molecule has 2 bridgehead atoms. The van der Waals surface area contributed by atoms with Crippen molar-refractivity contribution < 1.29 is 160 Å². The summed E-state index contributed by atoms with van der Waals surface area (Å²) in [4.78, 5) is 54.3. The quantitative estimate of drug-likeness (QED) is 0.0760. The van der Waals surface area contributed by atoms with E-state index in [1.165, 1.54) is 35.9 Å². The Hall–Kier alpha value is 0.179. The molecular weight excluding hydrogens is 1030 g/mol. The molecule has 6 rings (SSSR count). The molecule has 3 aromatic rings. The van der Waals surface area contributed by atoms with Gasteiger partial charge in [0.15, 0.2) is 0 Å². The van der Waals surface area contributed by atoms with Gasteiger partial charge in [0.2, 0.25) is 0 Å². The Morgan fingerprint density at radius 1 is 0.661 bits per heavy atom. The van der Waals surface area contributed by atoms with Crippen molar-refractivity contribution in [1.29, 1.82) is 0 Å². The first-order valence-corrected chi connectivity index (χ1v) is 20.3. The minimum absolute atomic E-state index is 0. The molecule has 20 heteroatoms. The largest absolute Gasteiger partial charge is 0.466 e. The number of ether oxygens (including phenoxy) is 2.